The van der Waals surface area contributed by atoms with E-state index < -0.39 is 0 Å². The average molecular weight is 1190 g/mol. The zero-order valence-electron chi connectivity index (χ0n) is 46.2. The first-order chi connectivity index (χ1) is 36.2. The minimum Gasteiger partial charge on any atom is -0.509 e. The van der Waals surface area contributed by atoms with Crippen molar-refractivity contribution in [1.82, 2.24) is 23.3 Å². The summed E-state index contributed by atoms with van der Waals surface area (Å²) in [5.74, 6) is 1.93. The van der Waals surface area contributed by atoms with E-state index in [2.05, 4.69) is 277 Å². The van der Waals surface area contributed by atoms with E-state index in [1.807, 2.05) is 18.3 Å². The van der Waals surface area contributed by atoms with Crippen molar-refractivity contribution in [2.24, 2.45) is 0 Å². The van der Waals surface area contributed by atoms with Crippen molar-refractivity contribution in [2.75, 3.05) is 0 Å². The van der Waals surface area contributed by atoms with Crippen LogP contribution in [-0.2, 0) is 42.7 Å². The number of hydrogen-bond acceptors (Lipinski definition) is 2. The van der Waals surface area contributed by atoms with E-state index >= 15 is 0 Å². The molecule has 12 rings (SSSR count). The number of rotatable bonds is 7. The fourth-order valence-corrected chi connectivity index (χ4v) is 10.9. The van der Waals surface area contributed by atoms with Crippen molar-refractivity contribution < 1.29 is 25.8 Å². The van der Waals surface area contributed by atoms with Gasteiger partial charge in [-0.2, -0.15) is 6.07 Å². The van der Waals surface area contributed by atoms with E-state index in [0.29, 0.717) is 11.5 Å². The molecule has 0 saturated heterocycles. The monoisotopic (exact) mass is 1190 g/mol. The minimum absolute atomic E-state index is 0. The van der Waals surface area contributed by atoms with Crippen LogP contribution >= 0.6 is 0 Å². The molecule has 7 heteroatoms. The Labute approximate surface area is 467 Å². The van der Waals surface area contributed by atoms with Gasteiger partial charge in [-0.05, 0) is 102 Å². The molecule has 0 N–H and O–H groups in total. The molecule has 0 atom stereocenters. The Balaban J connectivity index is 0.00000631. The largest absolute Gasteiger partial charge is 2.00 e. The number of para-hydroxylation sites is 4. The van der Waals surface area contributed by atoms with Gasteiger partial charge in [-0.25, -0.2) is 4.98 Å². The van der Waals surface area contributed by atoms with Crippen LogP contribution in [0.5, 0.6) is 11.5 Å². The molecule has 3 aromatic heterocycles. The number of ether oxygens (including phenoxy) is 1. The topological polar surface area (TPSA) is 38.0 Å². The fraction of sp³-hybridized carbons (Fsp3) is 0.229. The second-order valence-electron chi connectivity index (χ2n) is 24.7. The summed E-state index contributed by atoms with van der Waals surface area (Å²) in [5, 5.41) is 4.53. The predicted octanol–water partition coefficient (Wildman–Crippen LogP) is 18.4. The summed E-state index contributed by atoms with van der Waals surface area (Å²) in [4.78, 5) is 5.05. The smallest absolute Gasteiger partial charge is 0.509 e. The number of hydrogen-bond donors (Lipinski definition) is 0. The Morgan fingerprint density at radius 3 is 1.69 bits per heavy atom. The van der Waals surface area contributed by atoms with E-state index in [1.165, 1.54) is 33.0 Å². The summed E-state index contributed by atoms with van der Waals surface area (Å²) in [7, 11) is 0. The van der Waals surface area contributed by atoms with Crippen LogP contribution in [-0.4, -0.2) is 20.1 Å². The van der Waals surface area contributed by atoms with Gasteiger partial charge in [-0.1, -0.05) is 202 Å². The zero-order chi connectivity index (χ0) is 53.1. The summed E-state index contributed by atoms with van der Waals surface area (Å²) in [6, 6.07) is 72.7. The molecule has 4 heterocycles. The molecule has 11 aromatic rings. The van der Waals surface area contributed by atoms with Crippen molar-refractivity contribution in [1.29, 1.82) is 0 Å². The maximum absolute atomic E-state index is 7.13. The van der Waals surface area contributed by atoms with Crippen LogP contribution in [0.3, 0.4) is 0 Å². The standard InChI is InChI=1S/C70H65N5O.Pt/c1-67(2,3)46-23-19-22-45(36-46)54-29-21-33-61-66(54)73(51-38-48(69(7,8)9)37-49(39-51)70(10,11)12)44-72(61)50-24-20-25-52(41-50)76-53-42-62(74-58-30-16-13-26-55(58)56-27-14-17-31-59(56)74)65-57-28-15-18-32-60(57)75(63(65)43-53)64-40-47(34-35-71-64)68(4,5)6;/h13-40,42H,1-12H3;/q;+2. The Morgan fingerprint density at radius 2 is 1.05 bits per heavy atom. The molecule has 0 saturated carbocycles. The van der Waals surface area contributed by atoms with Crippen molar-refractivity contribution in [3.05, 3.63) is 210 Å². The van der Waals surface area contributed by atoms with Crippen molar-refractivity contribution >= 4 is 72.4 Å². The van der Waals surface area contributed by atoms with Crippen molar-refractivity contribution in [3.8, 4) is 34.1 Å². The van der Waals surface area contributed by atoms with Crippen LogP contribution in [0.2, 0.25) is 0 Å². The zero-order valence-corrected chi connectivity index (χ0v) is 48.5. The number of aromatic nitrogens is 3. The third-order valence-corrected chi connectivity index (χ3v) is 15.1. The molecular formula is C70H65N5OPt+2. The third-order valence-electron chi connectivity index (χ3n) is 15.1. The van der Waals surface area contributed by atoms with Crippen molar-refractivity contribution in [3.63, 3.8) is 0 Å². The second-order valence-corrected chi connectivity index (χ2v) is 24.7. The van der Waals surface area contributed by atoms with Crippen LogP contribution in [0.1, 0.15) is 105 Å². The summed E-state index contributed by atoms with van der Waals surface area (Å²) in [6.45, 7) is 27.3. The van der Waals surface area contributed by atoms with Crippen LogP contribution in [0.4, 0.5) is 22.7 Å². The first-order valence-electron chi connectivity index (χ1n) is 26.6. The molecule has 1 aliphatic heterocycles. The normalized spacial score (nSPS) is 13.0. The summed E-state index contributed by atoms with van der Waals surface area (Å²) >= 11 is 0. The molecule has 8 aromatic carbocycles. The number of nitrogens with zero attached hydrogens (tertiary/aromatic N) is 5. The maximum Gasteiger partial charge on any atom is 2.00 e. The van der Waals surface area contributed by atoms with Crippen LogP contribution in [0.25, 0.3) is 66.2 Å². The molecule has 0 fully saturated rings. The Bertz CT molecular complexity index is 4140. The molecule has 0 unspecified atom stereocenters. The quantitative estimate of drug-likeness (QED) is 0.118. The van der Waals surface area contributed by atoms with E-state index in [0.717, 1.165) is 78.2 Å². The maximum atomic E-state index is 7.13. The van der Waals surface area contributed by atoms with Gasteiger partial charge in [0.25, 0.3) is 5.69 Å². The summed E-state index contributed by atoms with van der Waals surface area (Å²) < 4.78 is 16.2. The molecule has 1 aliphatic rings. The van der Waals surface area contributed by atoms with Gasteiger partial charge in [0.15, 0.2) is 0 Å². The van der Waals surface area contributed by atoms with Crippen LogP contribution < -0.4 is 13.9 Å². The fourth-order valence-electron chi connectivity index (χ4n) is 10.9. The Morgan fingerprint density at radius 1 is 0.481 bits per heavy atom. The van der Waals surface area contributed by atoms with E-state index in [-0.39, 0.29) is 42.7 Å². The molecule has 0 radical (unpaired) electrons. The number of fused-ring (bicyclic) bond motifs is 7. The van der Waals surface area contributed by atoms with Gasteiger partial charge in [-0.3, -0.25) is 0 Å². The molecule has 6 nitrogen and oxygen atoms in total. The minimum atomic E-state index is -0.0874. The van der Waals surface area contributed by atoms with Gasteiger partial charge in [0.05, 0.1) is 16.6 Å². The molecule has 77 heavy (non-hydrogen) atoms. The molecule has 0 spiro atoms. The Kier molecular flexibility index (Phi) is 12.6. The van der Waals surface area contributed by atoms with Gasteiger partial charge in [0.1, 0.15) is 11.5 Å². The van der Waals surface area contributed by atoms with E-state index in [4.69, 9.17) is 9.72 Å². The third kappa shape index (κ3) is 9.16. The Hall–Kier alpha value is -7.62. The average Bonchev–Trinajstić information content (AvgIpc) is 4.07. The number of pyridine rings is 1. The van der Waals surface area contributed by atoms with Crippen LogP contribution in [0, 0.1) is 12.1 Å². The van der Waals surface area contributed by atoms with Gasteiger partial charge < -0.3 is 13.9 Å². The SMILES string of the molecule is CC(C)(C)c1cccc(-c2cccc3c2[N+](c2cc(C(C)(C)C)cc(C(C)(C)C)c2)=C=[N+]3c2[c-]c(Oc3[c-]c4c(c(-n5c6ccccc6c6ccccc65)c3)c3ccccc3n4-c3cc(C(C)(C)C)ccn3)ccc2)c1.[Pt+2]. The van der Waals surface area contributed by atoms with Gasteiger partial charge in [0, 0.05) is 52.2 Å². The van der Waals surface area contributed by atoms with Gasteiger partial charge in [0.2, 0.25) is 5.69 Å². The first kappa shape index (κ1) is 51.5. The summed E-state index contributed by atoms with van der Waals surface area (Å²) in [5.41, 5.74) is 16.1. The molecular weight excluding hydrogens is 1120 g/mol. The molecule has 0 aliphatic carbocycles. The molecule has 0 bridgehead atoms. The number of benzene rings is 8. The predicted molar refractivity (Wildman–Crippen MR) is 318 cm³/mol. The van der Waals surface area contributed by atoms with Crippen molar-refractivity contribution in [2.45, 2.75) is 105 Å². The van der Waals surface area contributed by atoms with E-state index in [1.54, 1.807) is 0 Å². The van der Waals surface area contributed by atoms with Crippen LogP contribution in [0.15, 0.2) is 176 Å². The summed E-state index contributed by atoms with van der Waals surface area (Å²) in [6.07, 6.45) is 1.92. The second kappa shape index (κ2) is 18.8. The van der Waals surface area contributed by atoms with E-state index in [9.17, 15) is 0 Å². The first-order valence-corrected chi connectivity index (χ1v) is 26.6. The molecule has 0 amide bonds. The molecule has 384 valence electrons. The van der Waals surface area contributed by atoms with Gasteiger partial charge >= 0.3 is 32.8 Å². The van der Waals surface area contributed by atoms with Gasteiger partial charge in [-0.15, -0.1) is 18.2 Å².